The summed E-state index contributed by atoms with van der Waals surface area (Å²) in [7, 11) is 0. The van der Waals surface area contributed by atoms with Gasteiger partial charge in [-0.2, -0.15) is 0 Å². The normalized spacial score (nSPS) is 25.6. The molecule has 0 aliphatic heterocycles. The maximum absolute atomic E-state index is 9.02. The van der Waals surface area contributed by atoms with Gasteiger partial charge in [0.25, 0.3) is 0 Å². The molecule has 0 heterocycles. The lowest BCUT2D eigenvalue weighted by Crippen LogP contribution is -2.18. The van der Waals surface area contributed by atoms with Crippen molar-refractivity contribution in [3.63, 3.8) is 0 Å². The van der Waals surface area contributed by atoms with Gasteiger partial charge in [-0.15, -0.1) is 0 Å². The number of rotatable bonds is 3. The van der Waals surface area contributed by atoms with E-state index in [2.05, 4.69) is 36.5 Å². The summed E-state index contributed by atoms with van der Waals surface area (Å²) in [6, 6.07) is 0. The summed E-state index contributed by atoms with van der Waals surface area (Å²) in [6.07, 6.45) is 14.9. The fraction of sp³-hybridized carbons (Fsp3) is 0.385. The number of aliphatic hydroxyl groups excluding tert-OH is 1. The number of aliphatic hydroxyl groups is 1. The Bertz CT molecular complexity index is 348. The van der Waals surface area contributed by atoms with Crippen LogP contribution in [0.3, 0.4) is 0 Å². The molecule has 2 aliphatic carbocycles. The third-order valence-corrected chi connectivity index (χ3v) is 2.89. The number of hydrogen-bond donors (Lipinski definition) is 2. The summed E-state index contributed by atoms with van der Waals surface area (Å²) >= 11 is 0. The van der Waals surface area contributed by atoms with E-state index in [1.165, 1.54) is 11.1 Å². The highest BCUT2D eigenvalue weighted by atomic mass is 16.3. The monoisotopic (exact) mass is 203 g/mol. The van der Waals surface area contributed by atoms with Crippen LogP contribution in [0.4, 0.5) is 0 Å². The van der Waals surface area contributed by atoms with Crippen molar-refractivity contribution in [3.05, 3.63) is 47.6 Å². The smallest absolute Gasteiger partial charge is 0.102 e. The fourth-order valence-corrected chi connectivity index (χ4v) is 2.01. The summed E-state index contributed by atoms with van der Waals surface area (Å²) < 4.78 is 0. The highest BCUT2D eigenvalue weighted by molar-refractivity contribution is 5.41. The predicted octanol–water partition coefficient (Wildman–Crippen LogP) is 2.04. The Labute approximate surface area is 90.5 Å². The van der Waals surface area contributed by atoms with Crippen molar-refractivity contribution in [1.82, 2.24) is 0 Å². The van der Waals surface area contributed by atoms with E-state index in [0.29, 0.717) is 12.3 Å². The van der Waals surface area contributed by atoms with Gasteiger partial charge in [-0.3, -0.25) is 0 Å². The summed E-state index contributed by atoms with van der Waals surface area (Å²) in [6.45, 7) is 0. The topological polar surface area (TPSA) is 46.2 Å². The van der Waals surface area contributed by atoms with Gasteiger partial charge in [0.15, 0.2) is 0 Å². The zero-order valence-corrected chi connectivity index (χ0v) is 8.76. The van der Waals surface area contributed by atoms with Crippen molar-refractivity contribution in [3.8, 4) is 0 Å². The quantitative estimate of drug-likeness (QED) is 0.689. The van der Waals surface area contributed by atoms with Crippen molar-refractivity contribution in [2.24, 2.45) is 11.7 Å². The molecule has 0 spiro atoms. The third-order valence-electron chi connectivity index (χ3n) is 2.89. The van der Waals surface area contributed by atoms with Crippen LogP contribution in [0.2, 0.25) is 0 Å². The van der Waals surface area contributed by atoms with Crippen molar-refractivity contribution in [2.75, 3.05) is 0 Å². The molecule has 2 heteroatoms. The van der Waals surface area contributed by atoms with Crippen molar-refractivity contribution >= 4 is 0 Å². The van der Waals surface area contributed by atoms with Crippen LogP contribution in [-0.4, -0.2) is 11.3 Å². The lowest BCUT2D eigenvalue weighted by Gasteiger charge is -2.21. The summed E-state index contributed by atoms with van der Waals surface area (Å²) in [5, 5.41) is 9.02. The van der Waals surface area contributed by atoms with Crippen molar-refractivity contribution < 1.29 is 5.11 Å². The van der Waals surface area contributed by atoms with Crippen LogP contribution in [0, 0.1) is 5.92 Å². The zero-order chi connectivity index (χ0) is 10.7. The molecule has 2 rings (SSSR count). The molecule has 2 unspecified atom stereocenters. The maximum atomic E-state index is 9.02. The van der Waals surface area contributed by atoms with Crippen LogP contribution in [-0.2, 0) is 0 Å². The van der Waals surface area contributed by atoms with Gasteiger partial charge in [0, 0.05) is 5.92 Å². The van der Waals surface area contributed by atoms with E-state index in [4.69, 9.17) is 10.8 Å². The highest BCUT2D eigenvalue weighted by Gasteiger charge is 2.14. The van der Waals surface area contributed by atoms with E-state index in [9.17, 15) is 0 Å². The van der Waals surface area contributed by atoms with Crippen molar-refractivity contribution in [1.29, 1.82) is 0 Å². The molecule has 0 radical (unpaired) electrons. The third kappa shape index (κ3) is 2.67. The molecular formula is C13H17NO. The first-order valence-electron chi connectivity index (χ1n) is 5.45. The van der Waals surface area contributed by atoms with E-state index in [0.717, 1.165) is 12.8 Å². The molecule has 0 aromatic heterocycles. The number of allylic oxidation sites excluding steroid dienone is 8. The summed E-state index contributed by atoms with van der Waals surface area (Å²) in [4.78, 5) is 0. The molecule has 2 nitrogen and oxygen atoms in total. The summed E-state index contributed by atoms with van der Waals surface area (Å²) in [5.74, 6) is 0.557. The standard InChI is InChI=1S/C13H17NO/c14-13(15)8-6-10-5-7-11-3-1-2-4-12(11)9-10/h1-5,9,11,13,15H,6-8,14H2. The minimum Gasteiger partial charge on any atom is -0.379 e. The molecule has 2 atom stereocenters. The second kappa shape index (κ2) is 4.60. The number of nitrogens with two attached hydrogens (primary N) is 1. The first-order valence-corrected chi connectivity index (χ1v) is 5.45. The number of hydrogen-bond acceptors (Lipinski definition) is 2. The number of fused-ring (bicyclic) bond motifs is 1. The fourth-order valence-electron chi connectivity index (χ4n) is 2.01. The Morgan fingerprint density at radius 2 is 2.33 bits per heavy atom. The zero-order valence-electron chi connectivity index (χ0n) is 8.76. The van der Waals surface area contributed by atoms with E-state index in [1.54, 1.807) is 0 Å². The molecule has 0 saturated carbocycles. The van der Waals surface area contributed by atoms with Crippen LogP contribution in [0.15, 0.2) is 47.6 Å². The average Bonchev–Trinajstić information content (AvgIpc) is 2.26. The maximum Gasteiger partial charge on any atom is 0.102 e. The van der Waals surface area contributed by atoms with Gasteiger partial charge in [-0.25, -0.2) is 0 Å². The Hall–Kier alpha value is -1.12. The van der Waals surface area contributed by atoms with E-state index >= 15 is 0 Å². The van der Waals surface area contributed by atoms with E-state index < -0.39 is 6.23 Å². The van der Waals surface area contributed by atoms with Crippen LogP contribution in [0.5, 0.6) is 0 Å². The van der Waals surface area contributed by atoms with Crippen LogP contribution >= 0.6 is 0 Å². The molecule has 0 aromatic rings. The Morgan fingerprint density at radius 3 is 3.13 bits per heavy atom. The molecule has 0 saturated heterocycles. The van der Waals surface area contributed by atoms with Gasteiger partial charge in [0.05, 0.1) is 0 Å². The first kappa shape index (κ1) is 10.4. The van der Waals surface area contributed by atoms with Crippen molar-refractivity contribution in [2.45, 2.75) is 25.5 Å². The molecule has 0 aromatic carbocycles. The second-order valence-electron chi connectivity index (χ2n) is 4.12. The molecule has 2 aliphatic rings. The predicted molar refractivity (Wildman–Crippen MR) is 62.0 cm³/mol. The molecule has 3 N–H and O–H groups in total. The molecule has 0 bridgehead atoms. The van der Waals surface area contributed by atoms with Gasteiger partial charge in [-0.05, 0) is 24.8 Å². The van der Waals surface area contributed by atoms with Gasteiger partial charge < -0.3 is 10.8 Å². The van der Waals surface area contributed by atoms with E-state index in [-0.39, 0.29) is 0 Å². The van der Waals surface area contributed by atoms with E-state index in [1.807, 2.05) is 0 Å². The minimum atomic E-state index is -0.691. The molecule has 0 amide bonds. The minimum absolute atomic E-state index is 0.557. The Morgan fingerprint density at radius 1 is 1.47 bits per heavy atom. The van der Waals surface area contributed by atoms with Gasteiger partial charge in [-0.1, -0.05) is 42.0 Å². The Kier molecular flexibility index (Phi) is 3.19. The molecule has 0 fully saturated rings. The van der Waals surface area contributed by atoms with Gasteiger partial charge in [0.1, 0.15) is 6.23 Å². The second-order valence-corrected chi connectivity index (χ2v) is 4.12. The highest BCUT2D eigenvalue weighted by Crippen LogP contribution is 2.30. The lowest BCUT2D eigenvalue weighted by molar-refractivity contribution is 0.172. The van der Waals surface area contributed by atoms with Gasteiger partial charge in [0.2, 0.25) is 0 Å². The molecule has 80 valence electrons. The average molecular weight is 203 g/mol. The first-order chi connectivity index (χ1) is 7.25. The van der Waals surface area contributed by atoms with Crippen LogP contribution < -0.4 is 5.73 Å². The molecule has 15 heavy (non-hydrogen) atoms. The van der Waals surface area contributed by atoms with Crippen LogP contribution in [0.25, 0.3) is 0 Å². The van der Waals surface area contributed by atoms with Gasteiger partial charge >= 0.3 is 0 Å². The van der Waals surface area contributed by atoms with Crippen LogP contribution in [0.1, 0.15) is 19.3 Å². The lowest BCUT2D eigenvalue weighted by atomic mass is 9.85. The summed E-state index contributed by atoms with van der Waals surface area (Å²) in [5.41, 5.74) is 8.00. The molecular weight excluding hydrogens is 186 g/mol. The SMILES string of the molecule is NC(O)CCC1=CCC2C=CC=CC2=C1. The Balaban J connectivity index is 2.00. The largest absolute Gasteiger partial charge is 0.379 e.